The number of carbonyl (C=O) groups is 2. The number of anilines is 2. The number of para-hydroxylation sites is 1. The van der Waals surface area contributed by atoms with Gasteiger partial charge in [0.15, 0.2) is 0 Å². The number of methoxy groups -OCH3 is 1. The van der Waals surface area contributed by atoms with E-state index < -0.39 is 34.3 Å². The number of sulfonamides is 1. The highest BCUT2D eigenvalue weighted by molar-refractivity contribution is 7.93. The maximum absolute atomic E-state index is 13.8. The third-order valence-corrected chi connectivity index (χ3v) is 7.19. The Hall–Kier alpha value is -3.24. The smallest absolute Gasteiger partial charge is 0.349 e. The van der Waals surface area contributed by atoms with Gasteiger partial charge in [-0.3, -0.25) is 9.10 Å². The van der Waals surface area contributed by atoms with Gasteiger partial charge in [-0.2, -0.15) is 0 Å². The first-order valence-corrected chi connectivity index (χ1v) is 11.4. The molecule has 0 saturated carbocycles. The molecule has 162 valence electrons. The van der Waals surface area contributed by atoms with Crippen LogP contribution in [0, 0.1) is 12.7 Å². The van der Waals surface area contributed by atoms with Crippen molar-refractivity contribution < 1.29 is 27.1 Å². The molecule has 0 fully saturated rings. The fraction of sp³-hybridized carbons (Fsp3) is 0.143. The van der Waals surface area contributed by atoms with Crippen molar-refractivity contribution in [1.82, 2.24) is 0 Å². The van der Waals surface area contributed by atoms with Crippen LogP contribution in [-0.2, 0) is 19.6 Å². The van der Waals surface area contributed by atoms with E-state index in [1.807, 2.05) is 0 Å². The van der Waals surface area contributed by atoms with E-state index in [2.05, 4.69) is 10.1 Å². The number of nitrogens with one attached hydrogen (secondary N) is 1. The second kappa shape index (κ2) is 9.27. The zero-order valence-corrected chi connectivity index (χ0v) is 18.3. The molecule has 0 atom stereocenters. The molecule has 0 aliphatic heterocycles. The average molecular weight is 463 g/mol. The minimum Gasteiger partial charge on any atom is -0.465 e. The zero-order valence-electron chi connectivity index (χ0n) is 16.7. The lowest BCUT2D eigenvalue weighted by atomic mass is 10.2. The molecular weight excluding hydrogens is 443 g/mol. The van der Waals surface area contributed by atoms with E-state index in [4.69, 9.17) is 0 Å². The van der Waals surface area contributed by atoms with Gasteiger partial charge in [-0.1, -0.05) is 24.3 Å². The SMILES string of the molecule is COC(=O)c1sccc1S(=O)(=O)N(CC(=O)Nc1ccc(C)c(F)c1)c1ccccc1. The number of halogens is 1. The van der Waals surface area contributed by atoms with Crippen molar-refractivity contribution in [2.75, 3.05) is 23.3 Å². The summed E-state index contributed by atoms with van der Waals surface area (Å²) in [6.07, 6.45) is 0. The van der Waals surface area contributed by atoms with Gasteiger partial charge in [0, 0.05) is 5.69 Å². The number of rotatable bonds is 7. The van der Waals surface area contributed by atoms with Gasteiger partial charge in [-0.15, -0.1) is 11.3 Å². The summed E-state index contributed by atoms with van der Waals surface area (Å²) in [7, 11) is -3.14. The van der Waals surface area contributed by atoms with Gasteiger partial charge >= 0.3 is 5.97 Å². The number of hydrogen-bond acceptors (Lipinski definition) is 6. The summed E-state index contributed by atoms with van der Waals surface area (Å²) in [5.74, 6) is -1.96. The van der Waals surface area contributed by atoms with E-state index in [1.54, 1.807) is 25.1 Å². The molecule has 0 unspecified atom stereocenters. The highest BCUT2D eigenvalue weighted by Gasteiger charge is 2.32. The number of benzene rings is 2. The lowest BCUT2D eigenvalue weighted by molar-refractivity contribution is -0.114. The topological polar surface area (TPSA) is 92.8 Å². The maximum Gasteiger partial charge on any atom is 0.349 e. The molecule has 0 aliphatic rings. The van der Waals surface area contributed by atoms with Crippen molar-refractivity contribution in [2.45, 2.75) is 11.8 Å². The molecule has 1 N–H and O–H groups in total. The number of carbonyl (C=O) groups excluding carboxylic acids is 2. The number of esters is 1. The van der Waals surface area contributed by atoms with Crippen molar-refractivity contribution in [1.29, 1.82) is 0 Å². The number of ether oxygens (including phenoxy) is 1. The van der Waals surface area contributed by atoms with Crippen molar-refractivity contribution in [3.05, 3.63) is 76.2 Å². The third-order valence-electron chi connectivity index (χ3n) is 4.35. The lowest BCUT2D eigenvalue weighted by Gasteiger charge is -2.24. The summed E-state index contributed by atoms with van der Waals surface area (Å²) in [6, 6.07) is 13.5. The second-order valence-electron chi connectivity index (χ2n) is 6.46. The molecule has 2 aromatic carbocycles. The minimum absolute atomic E-state index is 0.0931. The van der Waals surface area contributed by atoms with Crippen LogP contribution < -0.4 is 9.62 Å². The summed E-state index contributed by atoms with van der Waals surface area (Å²) >= 11 is 0.924. The Morgan fingerprint density at radius 3 is 2.48 bits per heavy atom. The number of thiophene rings is 1. The van der Waals surface area contributed by atoms with Crippen LogP contribution in [0.4, 0.5) is 15.8 Å². The highest BCUT2D eigenvalue weighted by Crippen LogP contribution is 2.29. The van der Waals surface area contributed by atoms with E-state index >= 15 is 0 Å². The van der Waals surface area contributed by atoms with Crippen LogP contribution in [0.15, 0.2) is 64.9 Å². The van der Waals surface area contributed by atoms with Crippen LogP contribution in [0.5, 0.6) is 0 Å². The Balaban J connectivity index is 1.96. The molecule has 3 rings (SSSR count). The normalized spacial score (nSPS) is 11.1. The molecule has 1 aromatic heterocycles. The average Bonchev–Trinajstić information content (AvgIpc) is 3.25. The molecule has 10 heteroatoms. The van der Waals surface area contributed by atoms with Gasteiger partial charge in [0.2, 0.25) is 5.91 Å². The number of nitrogens with zero attached hydrogens (tertiary/aromatic N) is 1. The fourth-order valence-corrected chi connectivity index (χ4v) is 5.50. The molecule has 0 spiro atoms. The first-order valence-electron chi connectivity index (χ1n) is 9.03. The first-order chi connectivity index (χ1) is 14.7. The number of aryl methyl sites for hydroxylation is 1. The molecule has 0 saturated heterocycles. The van der Waals surface area contributed by atoms with Crippen molar-refractivity contribution >= 4 is 44.6 Å². The minimum atomic E-state index is -4.29. The Bertz CT molecular complexity index is 1210. The molecule has 1 amide bonds. The highest BCUT2D eigenvalue weighted by atomic mass is 32.2. The molecule has 0 bridgehead atoms. The van der Waals surface area contributed by atoms with Crippen molar-refractivity contribution in [3.8, 4) is 0 Å². The van der Waals surface area contributed by atoms with Crippen LogP contribution in [0.3, 0.4) is 0 Å². The molecule has 3 aromatic rings. The molecule has 31 heavy (non-hydrogen) atoms. The maximum atomic E-state index is 13.8. The fourth-order valence-electron chi connectivity index (χ4n) is 2.77. The Morgan fingerprint density at radius 1 is 1.13 bits per heavy atom. The lowest BCUT2D eigenvalue weighted by Crippen LogP contribution is -2.38. The summed E-state index contributed by atoms with van der Waals surface area (Å²) in [5.41, 5.74) is 0.846. The van der Waals surface area contributed by atoms with Crippen LogP contribution in [-0.4, -0.2) is 33.9 Å². The standard InChI is InChI=1S/C21H19FN2O5S2/c1-14-8-9-15(12-17(14)22)23-19(25)13-24(16-6-4-3-5-7-16)31(27,28)18-10-11-30-20(18)21(26)29-2/h3-12H,13H2,1-2H3,(H,23,25). The van der Waals surface area contributed by atoms with Crippen LogP contribution in [0.2, 0.25) is 0 Å². The van der Waals surface area contributed by atoms with E-state index in [9.17, 15) is 22.4 Å². The van der Waals surface area contributed by atoms with Gasteiger partial charge in [-0.05, 0) is 48.2 Å². The van der Waals surface area contributed by atoms with E-state index in [1.165, 1.54) is 35.7 Å². The van der Waals surface area contributed by atoms with Crippen molar-refractivity contribution in [2.24, 2.45) is 0 Å². The van der Waals surface area contributed by atoms with Crippen molar-refractivity contribution in [3.63, 3.8) is 0 Å². The van der Waals surface area contributed by atoms with Gasteiger partial charge in [0.25, 0.3) is 10.0 Å². The summed E-state index contributed by atoms with van der Waals surface area (Å²) in [5, 5.41) is 3.96. The number of hydrogen-bond donors (Lipinski definition) is 1. The molecule has 0 radical (unpaired) electrons. The van der Waals surface area contributed by atoms with Gasteiger partial charge < -0.3 is 10.1 Å². The van der Waals surface area contributed by atoms with Gasteiger partial charge in [0.05, 0.1) is 12.8 Å². The molecular formula is C21H19FN2O5S2. The van der Waals surface area contributed by atoms with E-state index in [0.29, 0.717) is 5.56 Å². The molecule has 7 nitrogen and oxygen atoms in total. The first kappa shape index (κ1) is 22.4. The predicted molar refractivity (Wildman–Crippen MR) is 116 cm³/mol. The summed E-state index contributed by atoms with van der Waals surface area (Å²) < 4.78 is 46.2. The van der Waals surface area contributed by atoms with Crippen LogP contribution in [0.1, 0.15) is 15.2 Å². The van der Waals surface area contributed by atoms with Crippen LogP contribution >= 0.6 is 11.3 Å². The van der Waals surface area contributed by atoms with Gasteiger partial charge in [0.1, 0.15) is 22.1 Å². The summed E-state index contributed by atoms with van der Waals surface area (Å²) in [4.78, 5) is 24.3. The van der Waals surface area contributed by atoms with E-state index in [-0.39, 0.29) is 21.1 Å². The summed E-state index contributed by atoms with van der Waals surface area (Å²) in [6.45, 7) is 1.00. The Kier molecular flexibility index (Phi) is 6.71. The third kappa shape index (κ3) is 4.92. The second-order valence-corrected chi connectivity index (χ2v) is 9.21. The quantitative estimate of drug-likeness (QED) is 0.539. The monoisotopic (exact) mass is 462 g/mol. The van der Waals surface area contributed by atoms with Crippen LogP contribution in [0.25, 0.3) is 0 Å². The van der Waals surface area contributed by atoms with E-state index in [0.717, 1.165) is 28.8 Å². The predicted octanol–water partition coefficient (Wildman–Crippen LogP) is 3.82. The largest absolute Gasteiger partial charge is 0.465 e. The van der Waals surface area contributed by atoms with Gasteiger partial charge in [-0.25, -0.2) is 17.6 Å². The number of amides is 1. The molecule has 0 aliphatic carbocycles. The Morgan fingerprint density at radius 2 is 1.84 bits per heavy atom. The zero-order chi connectivity index (χ0) is 22.6. The Labute approximate surface area is 183 Å². The molecule has 1 heterocycles.